The van der Waals surface area contributed by atoms with Crippen molar-refractivity contribution in [2.24, 2.45) is 5.92 Å². The van der Waals surface area contributed by atoms with Gasteiger partial charge < -0.3 is 14.6 Å². The number of hydrogen-bond acceptors (Lipinski definition) is 5. The predicted molar refractivity (Wildman–Crippen MR) is 128 cm³/mol. The third-order valence-corrected chi connectivity index (χ3v) is 5.61. The number of rotatable bonds is 10. The molecule has 0 bridgehead atoms. The second-order valence-electron chi connectivity index (χ2n) is 8.63. The molecule has 2 aromatic carbocycles. The van der Waals surface area contributed by atoms with Crippen molar-refractivity contribution in [2.75, 3.05) is 6.54 Å². The van der Waals surface area contributed by atoms with Gasteiger partial charge in [-0.05, 0) is 42.2 Å². The van der Waals surface area contributed by atoms with Crippen molar-refractivity contribution in [3.63, 3.8) is 0 Å². The summed E-state index contributed by atoms with van der Waals surface area (Å²) >= 11 is 0. The van der Waals surface area contributed by atoms with E-state index in [2.05, 4.69) is 29.5 Å². The van der Waals surface area contributed by atoms with Crippen LogP contribution in [0.25, 0.3) is 11.0 Å². The van der Waals surface area contributed by atoms with Gasteiger partial charge in [0.25, 0.3) is 5.91 Å². The first-order valence-corrected chi connectivity index (χ1v) is 11.5. The van der Waals surface area contributed by atoms with Crippen molar-refractivity contribution in [3.8, 4) is 0 Å². The SMILES string of the molecule is CC(C)CCNC(=O)[C@@H](c1ccco1)N(Cc1ccccc1)C(=O)Cn1nnc2ccccc21. The lowest BCUT2D eigenvalue weighted by Gasteiger charge is -2.30. The first-order chi connectivity index (χ1) is 16.5. The Morgan fingerprint density at radius 3 is 2.53 bits per heavy atom. The standard InChI is InChI=1S/C26H29N5O3/c1-19(2)14-15-27-26(33)25(23-13-8-16-34-23)30(17-20-9-4-3-5-10-20)24(32)18-31-22-12-7-6-11-21(22)28-29-31/h3-13,16,19,25H,14-15,17-18H2,1-2H3,(H,27,33)/t25-/m1/s1. The van der Waals surface area contributed by atoms with Gasteiger partial charge in [-0.15, -0.1) is 5.10 Å². The molecular formula is C26H29N5O3. The summed E-state index contributed by atoms with van der Waals surface area (Å²) < 4.78 is 7.19. The van der Waals surface area contributed by atoms with Gasteiger partial charge in [0, 0.05) is 13.1 Å². The zero-order chi connectivity index (χ0) is 23.9. The van der Waals surface area contributed by atoms with Gasteiger partial charge in [0.2, 0.25) is 5.91 Å². The van der Waals surface area contributed by atoms with Crippen LogP contribution in [0.15, 0.2) is 77.4 Å². The number of carbonyl (C=O) groups excluding carboxylic acids is 2. The minimum absolute atomic E-state index is 0.0518. The minimum Gasteiger partial charge on any atom is -0.467 e. The van der Waals surface area contributed by atoms with Crippen molar-refractivity contribution in [3.05, 3.63) is 84.3 Å². The number of fused-ring (bicyclic) bond motifs is 1. The summed E-state index contributed by atoms with van der Waals surface area (Å²) in [6.45, 7) is 4.92. The summed E-state index contributed by atoms with van der Waals surface area (Å²) in [4.78, 5) is 28.6. The van der Waals surface area contributed by atoms with Crippen molar-refractivity contribution in [1.29, 1.82) is 0 Å². The van der Waals surface area contributed by atoms with Crippen LogP contribution in [0.3, 0.4) is 0 Å². The van der Waals surface area contributed by atoms with Gasteiger partial charge in [0.15, 0.2) is 6.04 Å². The molecule has 0 unspecified atom stereocenters. The number of nitrogens with one attached hydrogen (secondary N) is 1. The Morgan fingerprint density at radius 1 is 1.03 bits per heavy atom. The van der Waals surface area contributed by atoms with Gasteiger partial charge >= 0.3 is 0 Å². The van der Waals surface area contributed by atoms with Crippen LogP contribution in [0, 0.1) is 5.92 Å². The van der Waals surface area contributed by atoms with E-state index in [0.717, 1.165) is 17.5 Å². The average molecular weight is 460 g/mol. The topological polar surface area (TPSA) is 93.3 Å². The van der Waals surface area contributed by atoms with Gasteiger partial charge in [-0.2, -0.15) is 0 Å². The first kappa shape index (κ1) is 23.2. The summed E-state index contributed by atoms with van der Waals surface area (Å²) in [5.41, 5.74) is 2.37. The lowest BCUT2D eigenvalue weighted by molar-refractivity contribution is -0.143. The Balaban J connectivity index is 1.65. The molecule has 4 aromatic rings. The Labute approximate surface area is 198 Å². The molecule has 1 atom stereocenters. The van der Waals surface area contributed by atoms with Crippen molar-refractivity contribution in [2.45, 2.75) is 39.4 Å². The molecule has 4 rings (SSSR count). The normalized spacial score (nSPS) is 12.1. The highest BCUT2D eigenvalue weighted by Gasteiger charge is 2.34. The molecule has 0 radical (unpaired) electrons. The van der Waals surface area contributed by atoms with Crippen LogP contribution in [-0.4, -0.2) is 38.3 Å². The maximum atomic E-state index is 13.7. The summed E-state index contributed by atoms with van der Waals surface area (Å²) in [5.74, 6) is 0.322. The van der Waals surface area contributed by atoms with Crippen molar-refractivity contribution in [1.82, 2.24) is 25.2 Å². The zero-order valence-corrected chi connectivity index (χ0v) is 19.4. The van der Waals surface area contributed by atoms with E-state index in [1.807, 2.05) is 54.6 Å². The number of para-hydroxylation sites is 1. The number of hydrogen-bond donors (Lipinski definition) is 1. The van der Waals surface area contributed by atoms with Crippen molar-refractivity contribution >= 4 is 22.8 Å². The lowest BCUT2D eigenvalue weighted by Crippen LogP contribution is -2.44. The molecule has 0 aliphatic heterocycles. The monoisotopic (exact) mass is 459 g/mol. The molecule has 0 saturated heterocycles. The van der Waals surface area contributed by atoms with Gasteiger partial charge in [-0.3, -0.25) is 9.59 Å². The second kappa shape index (κ2) is 10.8. The Morgan fingerprint density at radius 2 is 1.79 bits per heavy atom. The fourth-order valence-electron chi connectivity index (χ4n) is 3.81. The summed E-state index contributed by atoms with van der Waals surface area (Å²) in [7, 11) is 0. The highest BCUT2D eigenvalue weighted by molar-refractivity contribution is 5.88. The molecule has 176 valence electrons. The molecule has 0 aliphatic carbocycles. The molecule has 0 fully saturated rings. The van der Waals surface area contributed by atoms with E-state index in [-0.39, 0.29) is 24.9 Å². The molecule has 2 amide bonds. The van der Waals surface area contributed by atoms with Crippen LogP contribution in [0.5, 0.6) is 0 Å². The van der Waals surface area contributed by atoms with E-state index in [9.17, 15) is 9.59 Å². The fourth-order valence-corrected chi connectivity index (χ4v) is 3.81. The smallest absolute Gasteiger partial charge is 0.250 e. The molecule has 1 N–H and O–H groups in total. The Bertz CT molecular complexity index is 1220. The largest absolute Gasteiger partial charge is 0.467 e. The van der Waals surface area contributed by atoms with Gasteiger partial charge in [0.1, 0.15) is 17.8 Å². The highest BCUT2D eigenvalue weighted by Crippen LogP contribution is 2.25. The number of amides is 2. The van der Waals surface area contributed by atoms with Crippen LogP contribution >= 0.6 is 0 Å². The molecule has 2 aromatic heterocycles. The summed E-state index contributed by atoms with van der Waals surface area (Å²) in [6, 6.07) is 19.6. The van der Waals surface area contributed by atoms with E-state index in [1.54, 1.807) is 21.7 Å². The summed E-state index contributed by atoms with van der Waals surface area (Å²) in [5, 5.41) is 11.3. The summed E-state index contributed by atoms with van der Waals surface area (Å²) in [6.07, 6.45) is 2.36. The number of nitrogens with zero attached hydrogens (tertiary/aromatic N) is 4. The minimum atomic E-state index is -0.912. The Hall–Kier alpha value is -3.94. The van der Waals surface area contributed by atoms with Crippen LogP contribution in [0.2, 0.25) is 0 Å². The molecule has 0 saturated carbocycles. The molecule has 0 aliphatic rings. The second-order valence-corrected chi connectivity index (χ2v) is 8.63. The fraction of sp³-hybridized carbons (Fsp3) is 0.308. The molecule has 34 heavy (non-hydrogen) atoms. The molecule has 8 heteroatoms. The third kappa shape index (κ3) is 5.51. The van der Waals surface area contributed by atoms with Gasteiger partial charge in [-0.1, -0.05) is 61.5 Å². The third-order valence-electron chi connectivity index (χ3n) is 5.61. The lowest BCUT2D eigenvalue weighted by atomic mass is 10.1. The first-order valence-electron chi connectivity index (χ1n) is 11.5. The number of furan rings is 1. The van der Waals surface area contributed by atoms with Crippen LogP contribution in [0.1, 0.15) is 37.6 Å². The van der Waals surface area contributed by atoms with Crippen LogP contribution in [-0.2, 0) is 22.7 Å². The number of carbonyl (C=O) groups is 2. The van der Waals surface area contributed by atoms with Gasteiger partial charge in [0.05, 0.1) is 11.8 Å². The number of aromatic nitrogens is 3. The maximum Gasteiger partial charge on any atom is 0.250 e. The molecular weight excluding hydrogens is 430 g/mol. The quantitative estimate of drug-likeness (QED) is 0.388. The number of benzene rings is 2. The molecule has 0 spiro atoms. The zero-order valence-electron chi connectivity index (χ0n) is 19.4. The average Bonchev–Trinajstić information content (AvgIpc) is 3.50. The van der Waals surface area contributed by atoms with Crippen molar-refractivity contribution < 1.29 is 14.0 Å². The van der Waals surface area contributed by atoms with Gasteiger partial charge in [-0.25, -0.2) is 4.68 Å². The van der Waals surface area contributed by atoms with E-state index >= 15 is 0 Å². The van der Waals surface area contributed by atoms with E-state index in [1.165, 1.54) is 6.26 Å². The molecule has 8 nitrogen and oxygen atoms in total. The predicted octanol–water partition coefficient (Wildman–Crippen LogP) is 3.96. The highest BCUT2D eigenvalue weighted by atomic mass is 16.3. The van der Waals surface area contributed by atoms with Crippen LogP contribution < -0.4 is 5.32 Å². The Kier molecular flexibility index (Phi) is 7.37. The van der Waals surface area contributed by atoms with E-state index in [4.69, 9.17) is 4.42 Å². The maximum absolute atomic E-state index is 13.7. The van der Waals surface area contributed by atoms with Crippen LogP contribution in [0.4, 0.5) is 0 Å². The van der Waals surface area contributed by atoms with E-state index in [0.29, 0.717) is 23.7 Å². The van der Waals surface area contributed by atoms with E-state index < -0.39 is 6.04 Å². The molecule has 2 heterocycles.